The highest BCUT2D eigenvalue weighted by Crippen LogP contribution is 2.41. The topological polar surface area (TPSA) is 154 Å². The molecule has 1 aromatic carbocycles. The van der Waals surface area contributed by atoms with Gasteiger partial charge in [0, 0.05) is 5.56 Å². The van der Waals surface area contributed by atoms with Crippen molar-refractivity contribution in [2.75, 3.05) is 6.61 Å². The van der Waals surface area contributed by atoms with Gasteiger partial charge >= 0.3 is 0 Å². The van der Waals surface area contributed by atoms with Crippen molar-refractivity contribution in [3.8, 4) is 5.75 Å². The van der Waals surface area contributed by atoms with Gasteiger partial charge in [0.15, 0.2) is 11.6 Å². The highest BCUT2D eigenvalue weighted by atomic mass is 16.7. The van der Waals surface area contributed by atoms with Crippen molar-refractivity contribution in [2.24, 2.45) is 11.8 Å². The molecule has 4 rings (SSSR count). The van der Waals surface area contributed by atoms with Crippen LogP contribution in [0.3, 0.4) is 0 Å². The molecule has 0 bridgehead atoms. The first-order chi connectivity index (χ1) is 14.2. The Kier molecular flexibility index (Phi) is 5.25. The summed E-state index contributed by atoms with van der Waals surface area (Å²) in [4.78, 5) is 26.2. The highest BCUT2D eigenvalue weighted by Gasteiger charge is 2.48. The fourth-order valence-electron chi connectivity index (χ4n) is 4.17. The molecule has 1 fully saturated rings. The van der Waals surface area contributed by atoms with Crippen LogP contribution in [0.1, 0.15) is 27.6 Å². The number of aliphatic hydroxyl groups is 5. The van der Waals surface area contributed by atoms with E-state index in [2.05, 4.69) is 0 Å². The lowest BCUT2D eigenvalue weighted by molar-refractivity contribution is -0.277. The number of ketones is 2. The molecule has 1 saturated heterocycles. The number of ether oxygens (including phenoxy) is 2. The Balaban J connectivity index is 1.71. The van der Waals surface area contributed by atoms with Gasteiger partial charge in [-0.15, -0.1) is 0 Å². The van der Waals surface area contributed by atoms with Gasteiger partial charge in [-0.2, -0.15) is 0 Å². The summed E-state index contributed by atoms with van der Waals surface area (Å²) in [5.74, 6) is -3.06. The van der Waals surface area contributed by atoms with Crippen LogP contribution in [-0.2, 0) is 4.74 Å². The molecule has 160 valence electrons. The van der Waals surface area contributed by atoms with Crippen molar-refractivity contribution in [3.05, 3.63) is 52.8 Å². The molecule has 0 amide bonds. The maximum Gasteiger partial charge on any atom is 0.229 e. The van der Waals surface area contributed by atoms with Crippen LogP contribution in [0.2, 0.25) is 0 Å². The van der Waals surface area contributed by atoms with Crippen LogP contribution < -0.4 is 4.74 Å². The van der Waals surface area contributed by atoms with Crippen LogP contribution in [0.15, 0.2) is 41.7 Å². The van der Waals surface area contributed by atoms with Crippen LogP contribution in [-0.4, -0.2) is 74.4 Å². The third kappa shape index (κ3) is 3.15. The van der Waals surface area contributed by atoms with Crippen molar-refractivity contribution in [3.63, 3.8) is 0 Å². The zero-order valence-electron chi connectivity index (χ0n) is 16.0. The van der Waals surface area contributed by atoms with E-state index in [0.29, 0.717) is 5.57 Å². The molecule has 30 heavy (non-hydrogen) atoms. The molecule has 9 heteroatoms. The lowest BCUT2D eigenvalue weighted by atomic mass is 9.70. The Morgan fingerprint density at radius 3 is 2.50 bits per heavy atom. The number of allylic oxidation sites excluding steroid dienone is 4. The SMILES string of the molecule is CC1=C[C@H]2C(=O)c3cccc(O[C@H]4O[C@H](CO)[C@@H](O)[C@H](O)[C@H]4O)c3C(=O)[C@@H]2C(O)=C1. The second kappa shape index (κ2) is 7.60. The van der Waals surface area contributed by atoms with E-state index in [9.17, 15) is 35.1 Å². The van der Waals surface area contributed by atoms with Crippen molar-refractivity contribution in [2.45, 2.75) is 37.6 Å². The molecule has 9 nitrogen and oxygen atoms in total. The number of Topliss-reactive ketones (excluding diaryl/α,β-unsaturated/α-hetero) is 2. The van der Waals surface area contributed by atoms with Crippen LogP contribution in [0, 0.1) is 11.8 Å². The number of fused-ring (bicyclic) bond motifs is 2. The molecule has 5 N–H and O–H groups in total. The van der Waals surface area contributed by atoms with Gasteiger partial charge < -0.3 is 35.0 Å². The average Bonchev–Trinajstić information content (AvgIpc) is 2.71. The summed E-state index contributed by atoms with van der Waals surface area (Å²) < 4.78 is 11.0. The molecule has 1 aliphatic heterocycles. The zero-order chi connectivity index (χ0) is 21.7. The summed E-state index contributed by atoms with van der Waals surface area (Å²) in [6, 6.07) is 4.37. The first-order valence-electron chi connectivity index (χ1n) is 9.52. The lowest BCUT2D eigenvalue weighted by Crippen LogP contribution is -2.60. The second-order valence-corrected chi connectivity index (χ2v) is 7.71. The molecule has 0 radical (unpaired) electrons. The Labute approximate surface area is 171 Å². The molecule has 2 aliphatic carbocycles. The first-order valence-corrected chi connectivity index (χ1v) is 9.52. The van der Waals surface area contributed by atoms with E-state index in [1.807, 2.05) is 0 Å². The van der Waals surface area contributed by atoms with Crippen LogP contribution in [0.4, 0.5) is 0 Å². The third-order valence-electron chi connectivity index (χ3n) is 5.71. The Morgan fingerprint density at radius 1 is 1.07 bits per heavy atom. The van der Waals surface area contributed by atoms with Gasteiger partial charge in [-0.1, -0.05) is 23.8 Å². The van der Waals surface area contributed by atoms with E-state index in [4.69, 9.17) is 9.47 Å². The molecular weight excluding hydrogens is 396 g/mol. The molecule has 0 saturated carbocycles. The number of carbonyl (C=O) groups excluding carboxylic acids is 2. The second-order valence-electron chi connectivity index (χ2n) is 7.71. The number of benzene rings is 1. The number of hydrogen-bond acceptors (Lipinski definition) is 9. The number of carbonyl (C=O) groups is 2. The third-order valence-corrected chi connectivity index (χ3v) is 5.71. The highest BCUT2D eigenvalue weighted by molar-refractivity contribution is 6.19. The van der Waals surface area contributed by atoms with E-state index >= 15 is 0 Å². The fourth-order valence-corrected chi connectivity index (χ4v) is 4.17. The van der Waals surface area contributed by atoms with E-state index < -0.39 is 54.9 Å². The number of aliphatic hydroxyl groups excluding tert-OH is 5. The molecule has 0 spiro atoms. The summed E-state index contributed by atoms with van der Waals surface area (Å²) in [5.41, 5.74) is 0.725. The minimum atomic E-state index is -1.67. The van der Waals surface area contributed by atoms with E-state index in [1.165, 1.54) is 24.3 Å². The normalized spacial score (nSPS) is 35.8. The van der Waals surface area contributed by atoms with Gasteiger partial charge in [0.25, 0.3) is 0 Å². The van der Waals surface area contributed by atoms with Crippen molar-refractivity contribution in [1.29, 1.82) is 0 Å². The quantitative estimate of drug-likeness (QED) is 0.452. The van der Waals surface area contributed by atoms with Gasteiger partial charge in [0.1, 0.15) is 35.9 Å². The Hall–Kier alpha value is -2.56. The minimum absolute atomic E-state index is 0.0615. The maximum absolute atomic E-state index is 13.2. The predicted molar refractivity (Wildman–Crippen MR) is 101 cm³/mol. The summed E-state index contributed by atoms with van der Waals surface area (Å²) in [5, 5.41) is 49.7. The minimum Gasteiger partial charge on any atom is -0.511 e. The summed E-state index contributed by atoms with van der Waals surface area (Å²) in [7, 11) is 0. The smallest absolute Gasteiger partial charge is 0.229 e. The van der Waals surface area contributed by atoms with Gasteiger partial charge in [-0.3, -0.25) is 9.59 Å². The average molecular weight is 418 g/mol. The zero-order valence-corrected chi connectivity index (χ0v) is 16.0. The molecule has 0 unspecified atom stereocenters. The van der Waals surface area contributed by atoms with Gasteiger partial charge in [-0.25, -0.2) is 0 Å². The number of rotatable bonds is 3. The molecular formula is C21H22O9. The van der Waals surface area contributed by atoms with E-state index in [-0.39, 0.29) is 28.4 Å². The summed E-state index contributed by atoms with van der Waals surface area (Å²) >= 11 is 0. The van der Waals surface area contributed by atoms with E-state index in [0.717, 1.165) is 0 Å². The van der Waals surface area contributed by atoms with Crippen LogP contribution in [0.25, 0.3) is 0 Å². The van der Waals surface area contributed by atoms with Crippen LogP contribution in [0.5, 0.6) is 5.75 Å². The fraction of sp³-hybridized carbons (Fsp3) is 0.429. The number of hydrogen-bond donors (Lipinski definition) is 5. The van der Waals surface area contributed by atoms with Crippen LogP contribution >= 0.6 is 0 Å². The Bertz CT molecular complexity index is 948. The summed E-state index contributed by atoms with van der Waals surface area (Å²) in [6.45, 7) is 1.08. The van der Waals surface area contributed by atoms with Crippen molar-refractivity contribution >= 4 is 11.6 Å². The predicted octanol–water partition coefficient (Wildman–Crippen LogP) is -0.121. The molecule has 0 aromatic heterocycles. The largest absolute Gasteiger partial charge is 0.511 e. The molecule has 1 heterocycles. The first kappa shape index (κ1) is 20.7. The monoisotopic (exact) mass is 418 g/mol. The molecule has 7 atom stereocenters. The molecule has 3 aliphatic rings. The van der Waals surface area contributed by atoms with Gasteiger partial charge in [-0.05, 0) is 19.1 Å². The van der Waals surface area contributed by atoms with Gasteiger partial charge in [0.05, 0.1) is 24.0 Å². The summed E-state index contributed by atoms with van der Waals surface area (Å²) in [6.07, 6.45) is -4.51. The molecule has 1 aromatic rings. The maximum atomic E-state index is 13.2. The lowest BCUT2D eigenvalue weighted by Gasteiger charge is -2.40. The van der Waals surface area contributed by atoms with E-state index in [1.54, 1.807) is 13.0 Å². The van der Waals surface area contributed by atoms with Crippen molar-refractivity contribution < 1.29 is 44.6 Å². The Morgan fingerprint density at radius 2 is 1.80 bits per heavy atom. The van der Waals surface area contributed by atoms with Gasteiger partial charge in [0.2, 0.25) is 6.29 Å². The van der Waals surface area contributed by atoms with Crippen molar-refractivity contribution in [1.82, 2.24) is 0 Å². The standard InChI is InChI=1S/C21H22O9/c1-8-5-10-14(11(23)6-8)18(26)15-9(16(10)24)3-2-4-12(15)29-21-20(28)19(27)17(25)13(7-22)30-21/h2-6,10,13-14,17,19-23,25,27-28H,7H2,1H3/t10-,13-,14+,17-,19+,20-,21+/m1/s1.